The van der Waals surface area contributed by atoms with Gasteiger partial charge in [-0.1, -0.05) is 18.2 Å². The SMILES string of the molecule is CCOC(=O)c1ccc(N2CCN(C(=S)NC(=O)c3ccccc3C)CC2)c([N+](=O)[O-])c1. The molecule has 0 unspecified atom stereocenters. The Labute approximate surface area is 191 Å². The first-order valence-corrected chi connectivity index (χ1v) is 10.6. The van der Waals surface area contributed by atoms with Gasteiger partial charge in [-0.05, 0) is 49.8 Å². The van der Waals surface area contributed by atoms with Crippen LogP contribution >= 0.6 is 12.2 Å². The van der Waals surface area contributed by atoms with Crippen molar-refractivity contribution in [2.75, 3.05) is 37.7 Å². The highest BCUT2D eigenvalue weighted by molar-refractivity contribution is 7.80. The number of piperazine rings is 1. The number of nitrogens with one attached hydrogen (secondary N) is 1. The van der Waals surface area contributed by atoms with Gasteiger partial charge >= 0.3 is 5.97 Å². The number of aryl methyl sites for hydroxylation is 1. The van der Waals surface area contributed by atoms with Crippen molar-refractivity contribution in [1.29, 1.82) is 0 Å². The first-order chi connectivity index (χ1) is 15.3. The average molecular weight is 457 g/mol. The Morgan fingerprint density at radius 2 is 1.84 bits per heavy atom. The van der Waals surface area contributed by atoms with Gasteiger partial charge in [0.05, 0.1) is 17.1 Å². The van der Waals surface area contributed by atoms with Crippen LogP contribution in [0.3, 0.4) is 0 Å². The minimum absolute atomic E-state index is 0.140. The van der Waals surface area contributed by atoms with Gasteiger partial charge in [0, 0.05) is 37.8 Å². The largest absolute Gasteiger partial charge is 0.462 e. The molecule has 10 heteroatoms. The summed E-state index contributed by atoms with van der Waals surface area (Å²) in [4.78, 5) is 39.3. The Balaban J connectivity index is 1.65. The van der Waals surface area contributed by atoms with E-state index in [4.69, 9.17) is 17.0 Å². The minimum atomic E-state index is -0.596. The number of benzene rings is 2. The van der Waals surface area contributed by atoms with Gasteiger partial charge < -0.3 is 14.5 Å². The van der Waals surface area contributed by atoms with Gasteiger partial charge in [0.25, 0.3) is 11.6 Å². The van der Waals surface area contributed by atoms with Crippen LogP contribution in [0, 0.1) is 17.0 Å². The molecule has 168 valence electrons. The van der Waals surface area contributed by atoms with Gasteiger partial charge in [-0.2, -0.15) is 0 Å². The number of nitro groups is 1. The molecule has 0 aliphatic carbocycles. The van der Waals surface area contributed by atoms with Gasteiger partial charge in [0.1, 0.15) is 5.69 Å². The number of anilines is 1. The molecule has 32 heavy (non-hydrogen) atoms. The van der Waals surface area contributed by atoms with E-state index in [2.05, 4.69) is 5.32 Å². The average Bonchev–Trinajstić information content (AvgIpc) is 2.79. The Morgan fingerprint density at radius 3 is 2.47 bits per heavy atom. The maximum absolute atomic E-state index is 12.5. The summed E-state index contributed by atoms with van der Waals surface area (Å²) in [6.45, 7) is 5.65. The van der Waals surface area contributed by atoms with Crippen molar-refractivity contribution in [2.24, 2.45) is 0 Å². The number of ether oxygens (including phenoxy) is 1. The number of hydrogen-bond acceptors (Lipinski definition) is 7. The normalized spacial score (nSPS) is 13.4. The molecule has 9 nitrogen and oxygen atoms in total. The summed E-state index contributed by atoms with van der Waals surface area (Å²) in [5.41, 5.74) is 1.83. The Hall–Kier alpha value is -3.53. The van der Waals surface area contributed by atoms with Gasteiger partial charge in [-0.25, -0.2) is 4.79 Å². The number of nitro benzene ring substituents is 1. The molecule has 2 aromatic rings. The molecule has 0 atom stereocenters. The van der Waals surface area contributed by atoms with E-state index in [0.29, 0.717) is 42.5 Å². The first-order valence-electron chi connectivity index (χ1n) is 10.2. The van der Waals surface area contributed by atoms with E-state index >= 15 is 0 Å². The molecular weight excluding hydrogens is 432 g/mol. The van der Waals surface area contributed by atoms with E-state index in [0.717, 1.165) is 5.56 Å². The third kappa shape index (κ3) is 5.20. The van der Waals surface area contributed by atoms with E-state index < -0.39 is 10.9 Å². The van der Waals surface area contributed by atoms with Crippen molar-refractivity contribution >= 4 is 40.6 Å². The molecule has 0 aromatic heterocycles. The number of rotatable bonds is 5. The summed E-state index contributed by atoms with van der Waals surface area (Å²) in [7, 11) is 0. The lowest BCUT2D eigenvalue weighted by atomic mass is 10.1. The predicted molar refractivity (Wildman–Crippen MR) is 124 cm³/mol. The quantitative estimate of drug-likeness (QED) is 0.317. The molecule has 1 heterocycles. The predicted octanol–water partition coefficient (Wildman–Crippen LogP) is 2.92. The summed E-state index contributed by atoms with van der Waals surface area (Å²) in [6.07, 6.45) is 0. The van der Waals surface area contributed by atoms with Gasteiger partial charge in [0.15, 0.2) is 5.11 Å². The first kappa shape index (κ1) is 23.1. The summed E-state index contributed by atoms with van der Waals surface area (Å²) in [5.74, 6) is -0.859. The second kappa shape index (κ2) is 10.2. The maximum atomic E-state index is 12.5. The zero-order valence-electron chi connectivity index (χ0n) is 17.9. The van der Waals surface area contributed by atoms with Crippen molar-refractivity contribution in [3.05, 3.63) is 69.3 Å². The van der Waals surface area contributed by atoms with Crippen LogP contribution in [0.4, 0.5) is 11.4 Å². The number of nitrogens with zero attached hydrogens (tertiary/aromatic N) is 3. The fourth-order valence-electron chi connectivity index (χ4n) is 3.50. The topological polar surface area (TPSA) is 105 Å². The number of amides is 1. The number of hydrogen-bond donors (Lipinski definition) is 1. The van der Waals surface area contributed by atoms with Crippen LogP contribution in [0.15, 0.2) is 42.5 Å². The third-order valence-electron chi connectivity index (χ3n) is 5.20. The van der Waals surface area contributed by atoms with E-state index in [1.54, 1.807) is 25.1 Å². The van der Waals surface area contributed by atoms with Crippen LogP contribution in [0.1, 0.15) is 33.2 Å². The lowest BCUT2D eigenvalue weighted by Crippen LogP contribution is -2.52. The van der Waals surface area contributed by atoms with Crippen LogP contribution in [-0.4, -0.2) is 59.6 Å². The van der Waals surface area contributed by atoms with E-state index in [-0.39, 0.29) is 23.8 Å². The van der Waals surface area contributed by atoms with Crippen LogP contribution in [0.25, 0.3) is 0 Å². The van der Waals surface area contributed by atoms with Crippen LogP contribution in [0.5, 0.6) is 0 Å². The van der Waals surface area contributed by atoms with Crippen molar-refractivity contribution in [1.82, 2.24) is 10.2 Å². The van der Waals surface area contributed by atoms with Gasteiger partial charge in [-0.15, -0.1) is 0 Å². The molecule has 1 fully saturated rings. The maximum Gasteiger partial charge on any atom is 0.338 e. The van der Waals surface area contributed by atoms with Crippen LogP contribution in [-0.2, 0) is 4.74 Å². The fourth-order valence-corrected chi connectivity index (χ4v) is 3.78. The number of carbonyl (C=O) groups is 2. The molecule has 0 bridgehead atoms. The van der Waals surface area contributed by atoms with Gasteiger partial charge in [-0.3, -0.25) is 20.2 Å². The molecule has 1 aliphatic rings. The monoisotopic (exact) mass is 456 g/mol. The number of thiocarbonyl (C=S) groups is 1. The summed E-state index contributed by atoms with van der Waals surface area (Å²) in [5, 5.41) is 14.7. The summed E-state index contributed by atoms with van der Waals surface area (Å²) in [6, 6.07) is 11.6. The van der Waals surface area contributed by atoms with Crippen molar-refractivity contribution < 1.29 is 19.2 Å². The highest BCUT2D eigenvalue weighted by Gasteiger charge is 2.26. The van der Waals surface area contributed by atoms with E-state index in [9.17, 15) is 19.7 Å². The molecule has 2 aromatic carbocycles. The summed E-state index contributed by atoms with van der Waals surface area (Å²) >= 11 is 5.40. The Morgan fingerprint density at radius 1 is 1.16 bits per heavy atom. The van der Waals surface area contributed by atoms with Gasteiger partial charge in [0.2, 0.25) is 0 Å². The van der Waals surface area contributed by atoms with Crippen molar-refractivity contribution in [2.45, 2.75) is 13.8 Å². The lowest BCUT2D eigenvalue weighted by Gasteiger charge is -2.37. The zero-order valence-corrected chi connectivity index (χ0v) is 18.7. The van der Waals surface area contributed by atoms with E-state index in [1.165, 1.54) is 12.1 Å². The molecule has 0 spiro atoms. The standard InChI is InChI=1S/C22H24N4O5S/c1-3-31-21(28)16-8-9-18(19(14-16)26(29)30)24-10-12-25(13-11-24)22(32)23-20(27)17-7-5-4-6-15(17)2/h4-9,14H,3,10-13H2,1-2H3,(H,23,27,32). The van der Waals surface area contributed by atoms with Crippen LogP contribution < -0.4 is 10.2 Å². The Kier molecular flexibility index (Phi) is 7.37. The summed E-state index contributed by atoms with van der Waals surface area (Å²) < 4.78 is 4.93. The third-order valence-corrected chi connectivity index (χ3v) is 5.56. The molecule has 1 saturated heterocycles. The molecule has 1 aliphatic heterocycles. The molecule has 1 amide bonds. The van der Waals surface area contributed by atoms with Crippen molar-refractivity contribution in [3.8, 4) is 0 Å². The van der Waals surface area contributed by atoms with Crippen LogP contribution in [0.2, 0.25) is 0 Å². The molecule has 0 radical (unpaired) electrons. The molecule has 1 N–H and O–H groups in total. The second-order valence-corrected chi connectivity index (χ2v) is 7.62. The zero-order chi connectivity index (χ0) is 23.3. The fraction of sp³-hybridized carbons (Fsp3) is 0.318. The molecular formula is C22H24N4O5S. The Bertz CT molecular complexity index is 1050. The smallest absolute Gasteiger partial charge is 0.338 e. The number of carbonyl (C=O) groups excluding carboxylic acids is 2. The lowest BCUT2D eigenvalue weighted by molar-refractivity contribution is -0.384. The highest BCUT2D eigenvalue weighted by Crippen LogP contribution is 2.30. The second-order valence-electron chi connectivity index (χ2n) is 7.23. The van der Waals surface area contributed by atoms with E-state index in [1.807, 2.05) is 28.9 Å². The highest BCUT2D eigenvalue weighted by atomic mass is 32.1. The number of esters is 1. The van der Waals surface area contributed by atoms with Crippen molar-refractivity contribution in [3.63, 3.8) is 0 Å². The minimum Gasteiger partial charge on any atom is -0.462 e. The molecule has 3 rings (SSSR count). The molecule has 0 saturated carbocycles.